The molecule has 0 spiro atoms. The van der Waals surface area contributed by atoms with Gasteiger partial charge in [-0.05, 0) is 59.2 Å². The molecule has 0 aliphatic heterocycles. The van der Waals surface area contributed by atoms with Crippen molar-refractivity contribution in [2.24, 2.45) is 0 Å². The van der Waals surface area contributed by atoms with Gasteiger partial charge in [0.2, 0.25) is 0 Å². The van der Waals surface area contributed by atoms with Crippen LogP contribution in [-0.2, 0) is 0 Å². The van der Waals surface area contributed by atoms with E-state index in [-0.39, 0.29) is 18.3 Å². The van der Waals surface area contributed by atoms with Crippen LogP contribution in [0.15, 0.2) is 48.5 Å². The van der Waals surface area contributed by atoms with Crippen LogP contribution in [0.5, 0.6) is 5.75 Å². The molecule has 0 fully saturated rings. The molecule has 2 aromatic rings. The Morgan fingerprint density at radius 3 is 2.08 bits per heavy atom. The number of phenolic OH excluding ortho intramolecular Hbond substituents is 1. The van der Waals surface area contributed by atoms with Gasteiger partial charge in [-0.3, -0.25) is 4.90 Å². The van der Waals surface area contributed by atoms with Crippen LogP contribution in [0.2, 0.25) is 0 Å². The quantitative estimate of drug-likeness (QED) is 0.677. The van der Waals surface area contributed by atoms with Gasteiger partial charge in [0.05, 0.1) is 0 Å². The number of hydrogen-bond acceptors (Lipinski definition) is 2. The molecule has 1 atom stereocenters. The van der Waals surface area contributed by atoms with E-state index < -0.39 is 0 Å². The smallest absolute Gasteiger partial charge is 0.119 e. The van der Waals surface area contributed by atoms with E-state index in [4.69, 9.17) is 0 Å². The molecule has 0 unspecified atom stereocenters. The molecule has 0 amide bonds. The Morgan fingerprint density at radius 2 is 1.52 bits per heavy atom. The van der Waals surface area contributed by atoms with Crippen LogP contribution < -0.4 is 0 Å². The normalized spacial score (nSPS) is 12.5. The van der Waals surface area contributed by atoms with Gasteiger partial charge in [-0.2, -0.15) is 0 Å². The Hall–Kier alpha value is -1.51. The second-order valence-electron chi connectivity index (χ2n) is 7.24. The first-order valence-electron chi connectivity index (χ1n) is 9.00. The van der Waals surface area contributed by atoms with Crippen molar-refractivity contribution in [1.82, 2.24) is 4.90 Å². The molecule has 0 saturated heterocycles. The number of nitrogens with zero attached hydrogens (tertiary/aromatic N) is 1. The molecule has 25 heavy (non-hydrogen) atoms. The molecule has 0 aromatic heterocycles. The molecule has 138 valence electrons. The maximum Gasteiger partial charge on any atom is 0.119 e. The molecule has 1 N–H and O–H groups in total. The van der Waals surface area contributed by atoms with Gasteiger partial charge >= 0.3 is 0 Å². The molecule has 0 saturated carbocycles. The summed E-state index contributed by atoms with van der Waals surface area (Å²) in [7, 11) is 0. The molecule has 3 heteroatoms. The lowest BCUT2D eigenvalue weighted by molar-refractivity contribution is 0.170. The molecule has 0 aliphatic carbocycles. The first-order chi connectivity index (χ1) is 11.4. The highest BCUT2D eigenvalue weighted by Gasteiger charge is 2.21. The fourth-order valence-corrected chi connectivity index (χ4v) is 3.53. The number of aryl methyl sites for hydroxylation is 1. The highest BCUT2D eigenvalue weighted by atomic mass is 35.5. The summed E-state index contributed by atoms with van der Waals surface area (Å²) >= 11 is 0. The van der Waals surface area contributed by atoms with Crippen LogP contribution in [0.1, 0.15) is 56.7 Å². The fourth-order valence-electron chi connectivity index (χ4n) is 3.53. The van der Waals surface area contributed by atoms with E-state index >= 15 is 0 Å². The second-order valence-corrected chi connectivity index (χ2v) is 7.24. The average Bonchev–Trinajstić information content (AvgIpc) is 2.54. The summed E-state index contributed by atoms with van der Waals surface area (Å²) in [6.45, 7) is 12.1. The minimum atomic E-state index is 0. The highest BCUT2D eigenvalue weighted by Crippen LogP contribution is 2.35. The van der Waals surface area contributed by atoms with Gasteiger partial charge in [-0.15, -0.1) is 12.4 Å². The molecular formula is C22H32ClNO. The van der Waals surface area contributed by atoms with E-state index in [0.29, 0.717) is 17.8 Å². The van der Waals surface area contributed by atoms with Crippen molar-refractivity contribution < 1.29 is 5.11 Å². The topological polar surface area (TPSA) is 23.5 Å². The summed E-state index contributed by atoms with van der Waals surface area (Å²) in [6.07, 6.45) is 0.997. The zero-order valence-corrected chi connectivity index (χ0v) is 16.9. The van der Waals surface area contributed by atoms with E-state index in [1.54, 1.807) is 0 Å². The Bertz CT molecular complexity index is 632. The van der Waals surface area contributed by atoms with Crippen LogP contribution in [0.25, 0.3) is 0 Å². The predicted octanol–water partition coefficient (Wildman–Crippen LogP) is 5.76. The minimum Gasteiger partial charge on any atom is -0.508 e. The molecule has 2 nitrogen and oxygen atoms in total. The maximum atomic E-state index is 10.4. The third-order valence-corrected chi connectivity index (χ3v) is 4.76. The zero-order chi connectivity index (χ0) is 17.7. The summed E-state index contributed by atoms with van der Waals surface area (Å²) < 4.78 is 0. The summed E-state index contributed by atoms with van der Waals surface area (Å²) in [4.78, 5) is 2.52. The van der Waals surface area contributed by atoms with Gasteiger partial charge in [0.1, 0.15) is 5.75 Å². The number of aromatic hydroxyl groups is 1. The third kappa shape index (κ3) is 5.76. The first kappa shape index (κ1) is 21.5. The van der Waals surface area contributed by atoms with Gasteiger partial charge < -0.3 is 5.11 Å². The van der Waals surface area contributed by atoms with Crippen LogP contribution in [-0.4, -0.2) is 28.6 Å². The number of benzene rings is 2. The SMILES string of the molecule is Cc1ccc(O)c([C@H](CCN(C(C)C)C(C)C)c2ccccc2)c1.Cl. The van der Waals surface area contributed by atoms with Crippen molar-refractivity contribution in [3.63, 3.8) is 0 Å². The molecule has 0 radical (unpaired) electrons. The van der Waals surface area contributed by atoms with E-state index in [0.717, 1.165) is 18.5 Å². The molecule has 0 aliphatic rings. The lowest BCUT2D eigenvalue weighted by Crippen LogP contribution is -2.38. The Balaban J connectivity index is 0.00000312. The zero-order valence-electron chi connectivity index (χ0n) is 16.1. The van der Waals surface area contributed by atoms with Gasteiger partial charge in [-0.1, -0.05) is 48.0 Å². The van der Waals surface area contributed by atoms with Gasteiger partial charge in [0.25, 0.3) is 0 Å². The lowest BCUT2D eigenvalue weighted by Gasteiger charge is -2.32. The van der Waals surface area contributed by atoms with Crippen molar-refractivity contribution in [2.45, 2.75) is 59.0 Å². The van der Waals surface area contributed by atoms with E-state index in [9.17, 15) is 5.11 Å². The predicted molar refractivity (Wildman–Crippen MR) is 110 cm³/mol. The molecule has 2 rings (SSSR count). The van der Waals surface area contributed by atoms with Crippen molar-refractivity contribution in [2.75, 3.05) is 6.54 Å². The van der Waals surface area contributed by atoms with Crippen LogP contribution in [0.4, 0.5) is 0 Å². The number of hydrogen-bond donors (Lipinski definition) is 1. The van der Waals surface area contributed by atoms with Crippen molar-refractivity contribution in [1.29, 1.82) is 0 Å². The summed E-state index contributed by atoms with van der Waals surface area (Å²) in [6, 6.07) is 17.5. The van der Waals surface area contributed by atoms with Gasteiger partial charge in [0, 0.05) is 23.6 Å². The molecule has 2 aromatic carbocycles. The van der Waals surface area contributed by atoms with E-state index in [1.807, 2.05) is 18.2 Å². The Labute approximate surface area is 159 Å². The lowest BCUT2D eigenvalue weighted by atomic mass is 9.87. The van der Waals surface area contributed by atoms with Crippen LogP contribution in [0, 0.1) is 6.92 Å². The first-order valence-corrected chi connectivity index (χ1v) is 9.00. The standard InChI is InChI=1S/C22H31NO.ClH/c1-16(2)23(17(3)4)14-13-20(19-9-7-6-8-10-19)21-15-18(5)11-12-22(21)24;/h6-12,15-17,20,24H,13-14H2,1-5H3;1H/t20-;/m1./s1. The highest BCUT2D eigenvalue weighted by molar-refractivity contribution is 5.85. The van der Waals surface area contributed by atoms with Crippen molar-refractivity contribution in [3.8, 4) is 5.75 Å². The van der Waals surface area contributed by atoms with Crippen molar-refractivity contribution >= 4 is 12.4 Å². The fraction of sp³-hybridized carbons (Fsp3) is 0.455. The Kier molecular flexibility index (Phi) is 8.47. The molecular weight excluding hydrogens is 330 g/mol. The number of phenols is 1. The van der Waals surface area contributed by atoms with Crippen LogP contribution in [0.3, 0.4) is 0 Å². The van der Waals surface area contributed by atoms with Crippen molar-refractivity contribution in [3.05, 3.63) is 65.2 Å². The second kappa shape index (κ2) is 9.84. The molecule has 0 bridgehead atoms. The number of halogens is 1. The third-order valence-electron chi connectivity index (χ3n) is 4.76. The molecule has 0 heterocycles. The maximum absolute atomic E-state index is 10.4. The van der Waals surface area contributed by atoms with Crippen LogP contribution >= 0.6 is 12.4 Å². The minimum absolute atomic E-state index is 0. The largest absolute Gasteiger partial charge is 0.508 e. The van der Waals surface area contributed by atoms with Gasteiger partial charge in [-0.25, -0.2) is 0 Å². The number of rotatable bonds is 7. The van der Waals surface area contributed by atoms with Gasteiger partial charge in [0.15, 0.2) is 0 Å². The summed E-state index contributed by atoms with van der Waals surface area (Å²) in [5.41, 5.74) is 3.49. The monoisotopic (exact) mass is 361 g/mol. The van der Waals surface area contributed by atoms with E-state index in [2.05, 4.69) is 69.9 Å². The Morgan fingerprint density at radius 1 is 0.920 bits per heavy atom. The summed E-state index contributed by atoms with van der Waals surface area (Å²) in [5, 5.41) is 10.4. The summed E-state index contributed by atoms with van der Waals surface area (Å²) in [5.74, 6) is 0.612. The van der Waals surface area contributed by atoms with E-state index in [1.165, 1.54) is 11.1 Å². The average molecular weight is 362 g/mol.